The molecule has 1 aliphatic heterocycles. The third-order valence-electron chi connectivity index (χ3n) is 3.18. The highest BCUT2D eigenvalue weighted by Gasteiger charge is 2.41. The maximum absolute atomic E-state index is 11.4. The van der Waals surface area contributed by atoms with Crippen LogP contribution in [0.4, 0.5) is 0 Å². The van der Waals surface area contributed by atoms with Gasteiger partial charge < -0.3 is 24.3 Å². The summed E-state index contributed by atoms with van der Waals surface area (Å²) in [6.45, 7) is 6.33. The van der Waals surface area contributed by atoms with Gasteiger partial charge in [0.15, 0.2) is 6.29 Å². The van der Waals surface area contributed by atoms with E-state index in [1.807, 2.05) is 6.92 Å². The maximum atomic E-state index is 11.4. The Hall–Kier alpha value is -1.67. The van der Waals surface area contributed by atoms with Crippen LogP contribution in [-0.2, 0) is 33.3 Å². The van der Waals surface area contributed by atoms with Gasteiger partial charge in [-0.1, -0.05) is 6.92 Å². The predicted molar refractivity (Wildman–Crippen MR) is 79.3 cm³/mol. The molecule has 0 radical (unpaired) electrons. The van der Waals surface area contributed by atoms with Crippen molar-refractivity contribution in [2.45, 2.75) is 65.1 Å². The fraction of sp³-hybridized carbons (Fsp3) is 0.800. The lowest BCUT2D eigenvalue weighted by molar-refractivity contribution is -0.248. The third kappa shape index (κ3) is 6.96. The fourth-order valence-electron chi connectivity index (χ4n) is 2.33. The van der Waals surface area contributed by atoms with Gasteiger partial charge in [-0.3, -0.25) is 14.4 Å². The third-order valence-corrected chi connectivity index (χ3v) is 3.18. The second kappa shape index (κ2) is 9.46. The van der Waals surface area contributed by atoms with Gasteiger partial charge in [-0.25, -0.2) is 0 Å². The topological polar surface area (TPSA) is 100 Å². The lowest BCUT2D eigenvalue weighted by Crippen LogP contribution is -2.57. The summed E-state index contributed by atoms with van der Waals surface area (Å²) in [5.41, 5.74) is 0. The van der Waals surface area contributed by atoms with Crippen LogP contribution < -0.4 is 5.32 Å². The molecule has 1 amide bonds. The minimum Gasteiger partial charge on any atom is -0.463 e. The molecule has 0 bridgehead atoms. The standard InChI is InChI=1S/C15H25NO7/c1-5-6-20-15-12(16-9(2)17)7-13(22-11(4)19)14(23-15)8-21-10(3)18/h12-15H,5-8H2,1-4H3,(H,16,17)/t12-,13-,14-,15?/m1/s1. The number of carbonyl (C=O) groups excluding carboxylic acids is 3. The van der Waals surface area contributed by atoms with Crippen molar-refractivity contribution in [1.29, 1.82) is 0 Å². The number of amides is 1. The number of nitrogens with one attached hydrogen (secondary N) is 1. The van der Waals surface area contributed by atoms with E-state index in [0.717, 1.165) is 6.42 Å². The average molecular weight is 331 g/mol. The van der Waals surface area contributed by atoms with Crippen LogP contribution >= 0.6 is 0 Å². The molecule has 0 aromatic carbocycles. The molecule has 1 aliphatic rings. The molecular weight excluding hydrogens is 306 g/mol. The van der Waals surface area contributed by atoms with E-state index in [9.17, 15) is 14.4 Å². The SMILES string of the molecule is CCCOC1O[C@H](COC(C)=O)[C@H](OC(C)=O)C[C@H]1NC(C)=O. The summed E-state index contributed by atoms with van der Waals surface area (Å²) in [6, 6.07) is -0.447. The van der Waals surface area contributed by atoms with Crippen molar-refractivity contribution in [1.82, 2.24) is 5.32 Å². The lowest BCUT2D eigenvalue weighted by atomic mass is 10.00. The summed E-state index contributed by atoms with van der Waals surface area (Å²) in [4.78, 5) is 33.6. The summed E-state index contributed by atoms with van der Waals surface area (Å²) in [5.74, 6) is -1.16. The number of hydrogen-bond acceptors (Lipinski definition) is 7. The van der Waals surface area contributed by atoms with Crippen molar-refractivity contribution in [3.8, 4) is 0 Å². The fourth-order valence-corrected chi connectivity index (χ4v) is 2.33. The zero-order chi connectivity index (χ0) is 17.4. The van der Waals surface area contributed by atoms with Crippen molar-refractivity contribution in [2.24, 2.45) is 0 Å². The number of carbonyl (C=O) groups is 3. The van der Waals surface area contributed by atoms with Crippen LogP contribution in [0.2, 0.25) is 0 Å². The van der Waals surface area contributed by atoms with Gasteiger partial charge in [-0.2, -0.15) is 0 Å². The smallest absolute Gasteiger partial charge is 0.302 e. The molecule has 1 fully saturated rings. The molecule has 4 atom stereocenters. The Morgan fingerprint density at radius 1 is 1.17 bits per heavy atom. The lowest BCUT2D eigenvalue weighted by Gasteiger charge is -2.40. The van der Waals surface area contributed by atoms with Crippen molar-refractivity contribution >= 4 is 17.8 Å². The number of ether oxygens (including phenoxy) is 4. The Kier molecular flexibility index (Phi) is 7.97. The normalized spacial score (nSPS) is 27.1. The Labute approximate surface area is 135 Å². The first-order valence-electron chi connectivity index (χ1n) is 7.68. The highest BCUT2D eigenvalue weighted by Crippen LogP contribution is 2.24. The van der Waals surface area contributed by atoms with Crippen LogP contribution in [0, 0.1) is 0 Å². The molecule has 23 heavy (non-hydrogen) atoms. The molecule has 1 heterocycles. The van der Waals surface area contributed by atoms with Crippen LogP contribution in [0.25, 0.3) is 0 Å². The molecule has 1 unspecified atom stereocenters. The number of hydrogen-bond donors (Lipinski definition) is 1. The van der Waals surface area contributed by atoms with Crippen LogP contribution in [0.5, 0.6) is 0 Å². The molecular formula is C15H25NO7. The van der Waals surface area contributed by atoms with Crippen molar-refractivity contribution in [2.75, 3.05) is 13.2 Å². The van der Waals surface area contributed by atoms with E-state index in [0.29, 0.717) is 13.0 Å². The Balaban J connectivity index is 2.82. The highest BCUT2D eigenvalue weighted by atomic mass is 16.7. The summed E-state index contributed by atoms with van der Waals surface area (Å²) < 4.78 is 21.6. The van der Waals surface area contributed by atoms with Gasteiger partial charge in [-0.15, -0.1) is 0 Å². The van der Waals surface area contributed by atoms with Gasteiger partial charge in [-0.05, 0) is 6.42 Å². The van der Waals surface area contributed by atoms with E-state index in [1.165, 1.54) is 20.8 Å². The molecule has 8 heteroatoms. The maximum Gasteiger partial charge on any atom is 0.302 e. The quantitative estimate of drug-likeness (QED) is 0.679. The Morgan fingerprint density at radius 3 is 2.39 bits per heavy atom. The highest BCUT2D eigenvalue weighted by molar-refractivity contribution is 5.73. The summed E-state index contributed by atoms with van der Waals surface area (Å²) in [7, 11) is 0. The van der Waals surface area contributed by atoms with Gasteiger partial charge in [0.25, 0.3) is 0 Å². The van der Waals surface area contributed by atoms with E-state index in [1.54, 1.807) is 0 Å². The van der Waals surface area contributed by atoms with Crippen LogP contribution in [0.15, 0.2) is 0 Å². The monoisotopic (exact) mass is 331 g/mol. The minimum absolute atomic E-state index is 0.0495. The average Bonchev–Trinajstić information content (AvgIpc) is 2.43. The minimum atomic E-state index is -0.689. The van der Waals surface area contributed by atoms with E-state index in [4.69, 9.17) is 18.9 Å². The Bertz CT molecular complexity index is 426. The Morgan fingerprint density at radius 2 is 1.87 bits per heavy atom. The molecule has 1 N–H and O–H groups in total. The van der Waals surface area contributed by atoms with Gasteiger partial charge in [0.1, 0.15) is 18.8 Å². The van der Waals surface area contributed by atoms with Crippen molar-refractivity contribution < 1.29 is 33.3 Å². The van der Waals surface area contributed by atoms with Crippen LogP contribution in [-0.4, -0.2) is 55.6 Å². The second-order valence-electron chi connectivity index (χ2n) is 5.41. The van der Waals surface area contributed by atoms with E-state index >= 15 is 0 Å². The van der Waals surface area contributed by atoms with Crippen molar-refractivity contribution in [3.63, 3.8) is 0 Å². The predicted octanol–water partition coefficient (Wildman–Crippen LogP) is 0.528. The zero-order valence-electron chi connectivity index (χ0n) is 14.0. The molecule has 0 aromatic heterocycles. The first-order chi connectivity index (χ1) is 10.8. The van der Waals surface area contributed by atoms with Crippen LogP contribution in [0.1, 0.15) is 40.5 Å². The molecule has 0 spiro atoms. The van der Waals surface area contributed by atoms with E-state index < -0.39 is 36.5 Å². The molecule has 1 rings (SSSR count). The second-order valence-corrected chi connectivity index (χ2v) is 5.41. The van der Waals surface area contributed by atoms with E-state index in [-0.39, 0.29) is 12.5 Å². The largest absolute Gasteiger partial charge is 0.463 e. The van der Waals surface area contributed by atoms with Gasteiger partial charge >= 0.3 is 11.9 Å². The number of rotatable bonds is 7. The van der Waals surface area contributed by atoms with Gasteiger partial charge in [0.05, 0.1) is 6.04 Å². The molecule has 0 saturated carbocycles. The van der Waals surface area contributed by atoms with E-state index in [2.05, 4.69) is 5.32 Å². The first kappa shape index (κ1) is 19.4. The number of esters is 2. The molecule has 0 aromatic rings. The molecule has 0 aliphatic carbocycles. The van der Waals surface area contributed by atoms with Crippen molar-refractivity contribution in [3.05, 3.63) is 0 Å². The van der Waals surface area contributed by atoms with Gasteiger partial charge in [0, 0.05) is 33.8 Å². The summed E-state index contributed by atoms with van der Waals surface area (Å²) >= 11 is 0. The molecule has 1 saturated heterocycles. The summed E-state index contributed by atoms with van der Waals surface area (Å²) in [5, 5.41) is 2.74. The van der Waals surface area contributed by atoms with Gasteiger partial charge in [0.2, 0.25) is 5.91 Å². The first-order valence-corrected chi connectivity index (χ1v) is 7.68. The van der Waals surface area contributed by atoms with Crippen LogP contribution in [0.3, 0.4) is 0 Å². The summed E-state index contributed by atoms with van der Waals surface area (Å²) in [6.07, 6.45) is -0.861. The zero-order valence-corrected chi connectivity index (χ0v) is 14.0. The molecule has 8 nitrogen and oxygen atoms in total. The molecule has 132 valence electrons.